The van der Waals surface area contributed by atoms with Crippen LogP contribution in [0.15, 0.2) is 18.3 Å². The van der Waals surface area contributed by atoms with Crippen LogP contribution >= 0.6 is 0 Å². The molecule has 0 aliphatic carbocycles. The molecule has 2 aromatic heterocycles. The van der Waals surface area contributed by atoms with Crippen molar-refractivity contribution in [1.29, 1.82) is 0 Å². The molecule has 1 fully saturated rings. The molecular formula is C17H21N3O3. The molecule has 122 valence electrons. The molecule has 3 heterocycles. The van der Waals surface area contributed by atoms with E-state index < -0.39 is 11.9 Å². The second-order valence-corrected chi connectivity index (χ2v) is 6.07. The van der Waals surface area contributed by atoms with E-state index in [-0.39, 0.29) is 12.5 Å². The van der Waals surface area contributed by atoms with Gasteiger partial charge in [0.25, 0.3) is 5.91 Å². The number of aliphatic carboxylic acids is 1. The molecule has 1 atom stereocenters. The number of hydrogen-bond acceptors (Lipinski definition) is 3. The second kappa shape index (κ2) is 6.02. The molecule has 0 bridgehead atoms. The predicted octanol–water partition coefficient (Wildman–Crippen LogP) is 2.14. The van der Waals surface area contributed by atoms with Crippen molar-refractivity contribution >= 4 is 17.5 Å². The molecule has 1 amide bonds. The van der Waals surface area contributed by atoms with E-state index in [4.69, 9.17) is 5.11 Å². The van der Waals surface area contributed by atoms with Crippen LogP contribution in [-0.4, -0.2) is 44.4 Å². The molecule has 6 heteroatoms. The number of likely N-dealkylation sites (tertiary alicyclic amines) is 1. The summed E-state index contributed by atoms with van der Waals surface area (Å²) in [6, 6.07) is 3.62. The predicted molar refractivity (Wildman–Crippen MR) is 85.6 cm³/mol. The Balaban J connectivity index is 1.88. The first-order chi connectivity index (χ1) is 11.0. The Morgan fingerprint density at radius 2 is 2.17 bits per heavy atom. The van der Waals surface area contributed by atoms with Gasteiger partial charge in [-0.05, 0) is 38.3 Å². The van der Waals surface area contributed by atoms with Crippen LogP contribution in [0.3, 0.4) is 0 Å². The smallest absolute Gasteiger partial charge is 0.308 e. The Hall–Kier alpha value is -2.37. The van der Waals surface area contributed by atoms with Crippen LogP contribution in [0, 0.1) is 12.8 Å². The molecule has 1 N–H and O–H groups in total. The number of carbonyl (C=O) groups excluding carboxylic acids is 1. The van der Waals surface area contributed by atoms with Crippen molar-refractivity contribution in [2.75, 3.05) is 13.1 Å². The highest BCUT2D eigenvalue weighted by Gasteiger charge is 2.28. The van der Waals surface area contributed by atoms with Crippen LogP contribution in [0.25, 0.3) is 5.65 Å². The zero-order valence-electron chi connectivity index (χ0n) is 13.5. The standard InChI is InChI=1S/C17H21N3O3/c1-3-14-11(2)20-10-12(6-7-15(20)18-14)16(21)19-8-4-5-13(9-19)17(22)23/h6-7,10,13H,3-5,8-9H2,1-2H3,(H,22,23). The lowest BCUT2D eigenvalue weighted by molar-refractivity contribution is -0.143. The van der Waals surface area contributed by atoms with Crippen molar-refractivity contribution < 1.29 is 14.7 Å². The van der Waals surface area contributed by atoms with E-state index in [1.165, 1.54) is 0 Å². The first-order valence-electron chi connectivity index (χ1n) is 8.01. The quantitative estimate of drug-likeness (QED) is 0.941. The Morgan fingerprint density at radius 3 is 2.87 bits per heavy atom. The summed E-state index contributed by atoms with van der Waals surface area (Å²) in [5, 5.41) is 9.17. The van der Waals surface area contributed by atoms with E-state index >= 15 is 0 Å². The maximum atomic E-state index is 12.7. The molecule has 0 saturated carbocycles. The number of rotatable bonds is 3. The minimum atomic E-state index is -0.823. The number of pyridine rings is 1. The Bertz CT molecular complexity index is 766. The second-order valence-electron chi connectivity index (χ2n) is 6.07. The number of aryl methyl sites for hydroxylation is 2. The normalized spacial score (nSPS) is 18.3. The number of piperidine rings is 1. The van der Waals surface area contributed by atoms with Gasteiger partial charge >= 0.3 is 5.97 Å². The van der Waals surface area contributed by atoms with Crippen molar-refractivity contribution in [2.24, 2.45) is 5.92 Å². The molecule has 1 aliphatic rings. The Labute approximate surface area is 134 Å². The molecule has 1 saturated heterocycles. The molecule has 23 heavy (non-hydrogen) atoms. The average molecular weight is 315 g/mol. The van der Waals surface area contributed by atoms with Gasteiger partial charge in [0.2, 0.25) is 0 Å². The number of hydrogen-bond donors (Lipinski definition) is 1. The summed E-state index contributed by atoms with van der Waals surface area (Å²) in [5.41, 5.74) is 3.47. The van der Waals surface area contributed by atoms with Crippen molar-refractivity contribution in [1.82, 2.24) is 14.3 Å². The number of amides is 1. The van der Waals surface area contributed by atoms with Crippen LogP contribution in [0.5, 0.6) is 0 Å². The highest BCUT2D eigenvalue weighted by atomic mass is 16.4. The number of nitrogens with zero attached hydrogens (tertiary/aromatic N) is 3. The van der Waals surface area contributed by atoms with Gasteiger partial charge in [0.1, 0.15) is 5.65 Å². The Kier molecular flexibility index (Phi) is 4.07. The topological polar surface area (TPSA) is 74.9 Å². The molecule has 6 nitrogen and oxygen atoms in total. The molecule has 0 radical (unpaired) electrons. The number of imidazole rings is 1. The van der Waals surface area contributed by atoms with Gasteiger partial charge in [-0.3, -0.25) is 9.59 Å². The molecule has 0 spiro atoms. The molecule has 0 aromatic carbocycles. The lowest BCUT2D eigenvalue weighted by Gasteiger charge is -2.30. The summed E-state index contributed by atoms with van der Waals surface area (Å²) in [7, 11) is 0. The fourth-order valence-electron chi connectivity index (χ4n) is 3.22. The average Bonchev–Trinajstić information content (AvgIpc) is 2.90. The van der Waals surface area contributed by atoms with Crippen LogP contribution in [0.4, 0.5) is 0 Å². The first-order valence-corrected chi connectivity index (χ1v) is 8.01. The first kappa shape index (κ1) is 15.5. The van der Waals surface area contributed by atoms with Crippen molar-refractivity contribution in [2.45, 2.75) is 33.1 Å². The van der Waals surface area contributed by atoms with Gasteiger partial charge in [-0.1, -0.05) is 6.92 Å². The van der Waals surface area contributed by atoms with E-state index in [0.717, 1.165) is 29.9 Å². The van der Waals surface area contributed by atoms with Crippen molar-refractivity contribution in [3.63, 3.8) is 0 Å². The summed E-state index contributed by atoms with van der Waals surface area (Å²) in [5.74, 6) is -1.39. The maximum Gasteiger partial charge on any atom is 0.308 e. The number of carboxylic acid groups (broad SMARTS) is 1. The van der Waals surface area contributed by atoms with Gasteiger partial charge in [-0.25, -0.2) is 4.98 Å². The monoisotopic (exact) mass is 315 g/mol. The molecule has 1 aliphatic heterocycles. The fourth-order valence-corrected chi connectivity index (χ4v) is 3.22. The van der Waals surface area contributed by atoms with Crippen molar-refractivity contribution in [3.05, 3.63) is 35.3 Å². The third kappa shape index (κ3) is 2.81. The lowest BCUT2D eigenvalue weighted by atomic mass is 9.98. The minimum absolute atomic E-state index is 0.107. The van der Waals surface area contributed by atoms with Gasteiger partial charge in [-0.2, -0.15) is 0 Å². The molecular weight excluding hydrogens is 294 g/mol. The van der Waals surface area contributed by atoms with E-state index in [2.05, 4.69) is 11.9 Å². The molecule has 3 rings (SSSR count). The van der Waals surface area contributed by atoms with Gasteiger partial charge in [0.15, 0.2) is 0 Å². The SMILES string of the molecule is CCc1nc2ccc(C(=O)N3CCCC(C(=O)O)C3)cn2c1C. The van der Waals surface area contributed by atoms with Crippen LogP contribution in [0.1, 0.15) is 41.5 Å². The summed E-state index contributed by atoms with van der Waals surface area (Å²) >= 11 is 0. The summed E-state index contributed by atoms with van der Waals surface area (Å²) in [6.07, 6.45) is 4.03. The molecule has 2 aromatic rings. The number of carboxylic acids is 1. The Morgan fingerprint density at radius 1 is 1.39 bits per heavy atom. The highest BCUT2D eigenvalue weighted by molar-refractivity contribution is 5.94. The number of aromatic nitrogens is 2. The zero-order valence-corrected chi connectivity index (χ0v) is 13.5. The van der Waals surface area contributed by atoms with Crippen LogP contribution in [0.2, 0.25) is 0 Å². The third-order valence-corrected chi connectivity index (χ3v) is 4.60. The van der Waals surface area contributed by atoms with Gasteiger partial charge in [-0.15, -0.1) is 0 Å². The molecule has 1 unspecified atom stereocenters. The lowest BCUT2D eigenvalue weighted by Crippen LogP contribution is -2.42. The number of fused-ring (bicyclic) bond motifs is 1. The van der Waals surface area contributed by atoms with Crippen LogP contribution in [-0.2, 0) is 11.2 Å². The van der Waals surface area contributed by atoms with E-state index in [0.29, 0.717) is 18.5 Å². The van der Waals surface area contributed by atoms with E-state index in [1.807, 2.05) is 23.6 Å². The minimum Gasteiger partial charge on any atom is -0.481 e. The highest BCUT2D eigenvalue weighted by Crippen LogP contribution is 2.20. The van der Waals surface area contributed by atoms with Gasteiger partial charge in [0.05, 0.1) is 17.2 Å². The fraction of sp³-hybridized carbons (Fsp3) is 0.471. The van der Waals surface area contributed by atoms with Crippen molar-refractivity contribution in [3.8, 4) is 0 Å². The summed E-state index contributed by atoms with van der Waals surface area (Å²) in [6.45, 7) is 4.95. The summed E-state index contributed by atoms with van der Waals surface area (Å²) < 4.78 is 1.94. The largest absolute Gasteiger partial charge is 0.481 e. The van der Waals surface area contributed by atoms with Gasteiger partial charge in [0, 0.05) is 25.0 Å². The van der Waals surface area contributed by atoms with Crippen LogP contribution < -0.4 is 0 Å². The zero-order chi connectivity index (χ0) is 16.6. The van der Waals surface area contributed by atoms with E-state index in [9.17, 15) is 9.59 Å². The summed E-state index contributed by atoms with van der Waals surface area (Å²) in [4.78, 5) is 30.1. The maximum absolute atomic E-state index is 12.7. The van der Waals surface area contributed by atoms with E-state index in [1.54, 1.807) is 11.0 Å². The third-order valence-electron chi connectivity index (χ3n) is 4.60. The van der Waals surface area contributed by atoms with Gasteiger partial charge < -0.3 is 14.4 Å². The number of carbonyl (C=O) groups is 2.